The SMILES string of the molecule is CC(NC(=O)Cc1ccc(NC(=O)c2ccc(Br)o2)cc1)c1ccc(C#N)cc1. The summed E-state index contributed by atoms with van der Waals surface area (Å²) < 4.78 is 5.70. The zero-order valence-corrected chi connectivity index (χ0v) is 17.2. The number of hydrogen-bond acceptors (Lipinski definition) is 4. The number of carbonyl (C=O) groups excluding carboxylic acids is 2. The second-order valence-electron chi connectivity index (χ2n) is 6.45. The molecular formula is C22H18BrN3O3. The molecule has 1 atom stereocenters. The Balaban J connectivity index is 1.54. The van der Waals surface area contributed by atoms with Crippen LogP contribution in [0.5, 0.6) is 0 Å². The average molecular weight is 452 g/mol. The van der Waals surface area contributed by atoms with Crippen molar-refractivity contribution in [3.05, 3.63) is 87.8 Å². The summed E-state index contributed by atoms with van der Waals surface area (Å²) in [5.41, 5.74) is 2.95. The molecule has 3 aromatic rings. The number of anilines is 1. The first-order chi connectivity index (χ1) is 13.9. The molecular weight excluding hydrogens is 434 g/mol. The van der Waals surface area contributed by atoms with Crippen LogP contribution >= 0.6 is 15.9 Å². The first-order valence-electron chi connectivity index (χ1n) is 8.89. The lowest BCUT2D eigenvalue weighted by Crippen LogP contribution is -2.28. The largest absolute Gasteiger partial charge is 0.444 e. The number of rotatable bonds is 6. The normalized spacial score (nSPS) is 11.3. The molecule has 7 heteroatoms. The highest BCUT2D eigenvalue weighted by atomic mass is 79.9. The minimum absolute atomic E-state index is 0.112. The lowest BCUT2D eigenvalue weighted by Gasteiger charge is -2.14. The zero-order chi connectivity index (χ0) is 20.8. The van der Waals surface area contributed by atoms with Crippen molar-refractivity contribution >= 4 is 33.4 Å². The molecule has 0 spiro atoms. The van der Waals surface area contributed by atoms with Gasteiger partial charge in [-0.2, -0.15) is 5.26 Å². The van der Waals surface area contributed by atoms with Gasteiger partial charge in [-0.3, -0.25) is 9.59 Å². The molecule has 1 aromatic heterocycles. The number of hydrogen-bond donors (Lipinski definition) is 2. The molecule has 0 radical (unpaired) electrons. The fraction of sp³-hybridized carbons (Fsp3) is 0.136. The topological polar surface area (TPSA) is 95.1 Å². The lowest BCUT2D eigenvalue weighted by molar-refractivity contribution is -0.121. The van der Waals surface area contributed by atoms with Crippen LogP contribution in [-0.4, -0.2) is 11.8 Å². The minimum Gasteiger partial charge on any atom is -0.444 e. The lowest BCUT2D eigenvalue weighted by atomic mass is 10.1. The van der Waals surface area contributed by atoms with E-state index in [1.807, 2.05) is 19.1 Å². The quantitative estimate of drug-likeness (QED) is 0.572. The number of amides is 2. The predicted molar refractivity (Wildman–Crippen MR) is 112 cm³/mol. The summed E-state index contributed by atoms with van der Waals surface area (Å²) in [5.74, 6) is -0.256. The summed E-state index contributed by atoms with van der Waals surface area (Å²) in [4.78, 5) is 24.4. The molecule has 0 bridgehead atoms. The molecule has 2 aromatic carbocycles. The van der Waals surface area contributed by atoms with Crippen molar-refractivity contribution in [1.82, 2.24) is 5.32 Å². The summed E-state index contributed by atoms with van der Waals surface area (Å²) in [5, 5.41) is 14.5. The van der Waals surface area contributed by atoms with Crippen LogP contribution in [0.4, 0.5) is 5.69 Å². The number of carbonyl (C=O) groups is 2. The van der Waals surface area contributed by atoms with Gasteiger partial charge < -0.3 is 15.1 Å². The summed E-state index contributed by atoms with van der Waals surface area (Å²) in [7, 11) is 0. The summed E-state index contributed by atoms with van der Waals surface area (Å²) in [6.07, 6.45) is 0.222. The second kappa shape index (κ2) is 9.22. The Morgan fingerprint density at radius 1 is 1.07 bits per heavy atom. The van der Waals surface area contributed by atoms with Gasteiger partial charge in [0.25, 0.3) is 5.91 Å². The van der Waals surface area contributed by atoms with Crippen molar-refractivity contribution in [2.24, 2.45) is 0 Å². The maximum absolute atomic E-state index is 12.3. The van der Waals surface area contributed by atoms with Crippen molar-refractivity contribution in [3.63, 3.8) is 0 Å². The van der Waals surface area contributed by atoms with Gasteiger partial charge in [-0.05, 0) is 70.4 Å². The van der Waals surface area contributed by atoms with E-state index < -0.39 is 0 Å². The van der Waals surface area contributed by atoms with E-state index in [1.165, 1.54) is 0 Å². The van der Waals surface area contributed by atoms with Gasteiger partial charge in [0.05, 0.1) is 24.1 Å². The van der Waals surface area contributed by atoms with Gasteiger partial charge in [0, 0.05) is 5.69 Å². The van der Waals surface area contributed by atoms with Crippen LogP contribution in [0.1, 0.15) is 40.2 Å². The summed E-state index contributed by atoms with van der Waals surface area (Å²) in [6, 6.07) is 19.3. The van der Waals surface area contributed by atoms with Gasteiger partial charge in [0.15, 0.2) is 10.4 Å². The first-order valence-corrected chi connectivity index (χ1v) is 9.69. The average Bonchev–Trinajstić information content (AvgIpc) is 3.16. The van der Waals surface area contributed by atoms with Crippen molar-refractivity contribution in [3.8, 4) is 6.07 Å². The molecule has 1 heterocycles. The predicted octanol–water partition coefficient (Wildman–Crippen LogP) is 4.59. The highest BCUT2D eigenvalue weighted by Gasteiger charge is 2.12. The number of halogens is 1. The maximum atomic E-state index is 12.3. The Morgan fingerprint density at radius 2 is 1.76 bits per heavy atom. The Bertz CT molecular complexity index is 1050. The molecule has 2 N–H and O–H groups in total. The van der Waals surface area contributed by atoms with Crippen LogP contribution in [0.3, 0.4) is 0 Å². The Kier molecular flexibility index (Phi) is 6.47. The molecule has 0 saturated heterocycles. The van der Waals surface area contributed by atoms with E-state index in [9.17, 15) is 9.59 Å². The molecule has 3 rings (SSSR count). The van der Waals surface area contributed by atoms with Gasteiger partial charge >= 0.3 is 0 Å². The van der Waals surface area contributed by atoms with Crippen LogP contribution in [0.15, 0.2) is 69.8 Å². The Hall–Kier alpha value is -3.37. The van der Waals surface area contributed by atoms with Crippen LogP contribution in [0, 0.1) is 11.3 Å². The van der Waals surface area contributed by atoms with E-state index in [0.717, 1.165) is 11.1 Å². The molecule has 0 aliphatic heterocycles. The molecule has 29 heavy (non-hydrogen) atoms. The number of furan rings is 1. The fourth-order valence-electron chi connectivity index (χ4n) is 2.74. The van der Waals surface area contributed by atoms with E-state index >= 15 is 0 Å². The van der Waals surface area contributed by atoms with Crippen LogP contribution in [-0.2, 0) is 11.2 Å². The first kappa shape index (κ1) is 20.4. The molecule has 0 aliphatic carbocycles. The van der Waals surface area contributed by atoms with Crippen molar-refractivity contribution in [1.29, 1.82) is 5.26 Å². The molecule has 2 amide bonds. The van der Waals surface area contributed by atoms with Gasteiger partial charge in [-0.25, -0.2) is 0 Å². The Labute approximate surface area is 176 Å². The molecule has 146 valence electrons. The highest BCUT2D eigenvalue weighted by molar-refractivity contribution is 9.10. The van der Waals surface area contributed by atoms with Crippen LogP contribution < -0.4 is 10.6 Å². The maximum Gasteiger partial charge on any atom is 0.291 e. The van der Waals surface area contributed by atoms with E-state index in [-0.39, 0.29) is 30.0 Å². The number of nitriles is 1. The zero-order valence-electron chi connectivity index (χ0n) is 15.6. The molecule has 6 nitrogen and oxygen atoms in total. The van der Waals surface area contributed by atoms with Crippen LogP contribution in [0.25, 0.3) is 0 Å². The Morgan fingerprint density at radius 3 is 2.34 bits per heavy atom. The molecule has 0 aliphatic rings. The summed E-state index contributed by atoms with van der Waals surface area (Å²) in [6.45, 7) is 1.89. The van der Waals surface area contributed by atoms with E-state index in [2.05, 4.69) is 32.6 Å². The van der Waals surface area contributed by atoms with E-state index in [0.29, 0.717) is 15.9 Å². The monoisotopic (exact) mass is 451 g/mol. The number of nitrogens with one attached hydrogen (secondary N) is 2. The second-order valence-corrected chi connectivity index (χ2v) is 7.24. The van der Waals surface area contributed by atoms with Gasteiger partial charge in [0.2, 0.25) is 5.91 Å². The molecule has 0 saturated carbocycles. The van der Waals surface area contributed by atoms with Gasteiger partial charge in [-0.15, -0.1) is 0 Å². The fourth-order valence-corrected chi connectivity index (χ4v) is 3.05. The number of benzene rings is 2. The minimum atomic E-state index is -0.350. The van der Waals surface area contributed by atoms with E-state index in [1.54, 1.807) is 48.5 Å². The molecule has 1 unspecified atom stereocenters. The summed E-state index contributed by atoms with van der Waals surface area (Å²) >= 11 is 3.16. The third-order valence-electron chi connectivity index (χ3n) is 4.29. The van der Waals surface area contributed by atoms with E-state index in [4.69, 9.17) is 9.68 Å². The van der Waals surface area contributed by atoms with Crippen molar-refractivity contribution in [2.45, 2.75) is 19.4 Å². The van der Waals surface area contributed by atoms with Crippen molar-refractivity contribution < 1.29 is 14.0 Å². The smallest absolute Gasteiger partial charge is 0.291 e. The van der Waals surface area contributed by atoms with Crippen molar-refractivity contribution in [2.75, 3.05) is 5.32 Å². The highest BCUT2D eigenvalue weighted by Crippen LogP contribution is 2.17. The number of nitrogens with zero attached hydrogens (tertiary/aromatic N) is 1. The van der Waals surface area contributed by atoms with Gasteiger partial charge in [-0.1, -0.05) is 24.3 Å². The third-order valence-corrected chi connectivity index (χ3v) is 4.72. The van der Waals surface area contributed by atoms with Gasteiger partial charge in [0.1, 0.15) is 0 Å². The van der Waals surface area contributed by atoms with Crippen LogP contribution in [0.2, 0.25) is 0 Å². The molecule has 0 fully saturated rings. The third kappa shape index (κ3) is 5.56. The standard InChI is InChI=1S/C22H18BrN3O3/c1-14(17-6-2-16(13-24)3-7-17)25-21(27)12-15-4-8-18(9-5-15)26-22(28)19-10-11-20(23)29-19/h2-11,14H,12H2,1H3,(H,25,27)(H,26,28).